The van der Waals surface area contributed by atoms with Crippen molar-refractivity contribution < 1.29 is 0 Å². The zero-order chi connectivity index (χ0) is 13.9. The second kappa shape index (κ2) is 6.93. The van der Waals surface area contributed by atoms with Crippen molar-refractivity contribution in [2.45, 2.75) is 13.5 Å². The van der Waals surface area contributed by atoms with Crippen LogP contribution in [0.15, 0.2) is 41.5 Å². The molecule has 1 N–H and O–H groups in total. The maximum atomic E-state index is 4.48. The average Bonchev–Trinajstić information content (AvgIpc) is 3.06. The van der Waals surface area contributed by atoms with Crippen LogP contribution >= 0.6 is 24.0 Å². The van der Waals surface area contributed by atoms with Crippen molar-refractivity contribution in [3.05, 3.63) is 47.8 Å². The van der Waals surface area contributed by atoms with Crippen LogP contribution in [0.1, 0.15) is 11.3 Å². The maximum Gasteiger partial charge on any atom is 0.194 e. The third-order valence-corrected chi connectivity index (χ3v) is 3.46. The molecule has 5 nitrogen and oxygen atoms in total. The monoisotopic (exact) mass is 397 g/mol. The van der Waals surface area contributed by atoms with Gasteiger partial charge in [0.05, 0.1) is 17.9 Å². The Kier molecular flexibility index (Phi) is 5.22. The number of rotatable bonds is 3. The van der Waals surface area contributed by atoms with E-state index in [-0.39, 0.29) is 24.0 Å². The van der Waals surface area contributed by atoms with E-state index in [1.807, 2.05) is 29.9 Å². The van der Waals surface area contributed by atoms with Gasteiger partial charge in [-0.25, -0.2) is 4.68 Å². The smallest absolute Gasteiger partial charge is 0.194 e. The summed E-state index contributed by atoms with van der Waals surface area (Å²) in [6, 6.07) is 10.3. The van der Waals surface area contributed by atoms with Crippen molar-refractivity contribution in [3.63, 3.8) is 0 Å². The van der Waals surface area contributed by atoms with E-state index in [1.54, 1.807) is 0 Å². The van der Waals surface area contributed by atoms with Gasteiger partial charge in [-0.1, -0.05) is 18.2 Å². The first kappa shape index (κ1) is 15.8. The van der Waals surface area contributed by atoms with E-state index in [2.05, 4.69) is 45.6 Å². The van der Waals surface area contributed by atoms with E-state index in [0.29, 0.717) is 0 Å². The van der Waals surface area contributed by atoms with Gasteiger partial charge in [0, 0.05) is 26.3 Å². The van der Waals surface area contributed by atoms with Gasteiger partial charge in [0.15, 0.2) is 5.96 Å². The van der Waals surface area contributed by atoms with Gasteiger partial charge in [0.1, 0.15) is 0 Å². The Morgan fingerprint density at radius 2 is 2.05 bits per heavy atom. The van der Waals surface area contributed by atoms with E-state index in [4.69, 9.17) is 0 Å². The van der Waals surface area contributed by atoms with E-state index < -0.39 is 0 Å². The summed E-state index contributed by atoms with van der Waals surface area (Å²) in [5, 5.41) is 7.88. The summed E-state index contributed by atoms with van der Waals surface area (Å²) in [7, 11) is 2.06. The van der Waals surface area contributed by atoms with Crippen LogP contribution in [0.3, 0.4) is 0 Å². The minimum atomic E-state index is 0. The summed E-state index contributed by atoms with van der Waals surface area (Å²) in [6.07, 6.45) is 1.99. The van der Waals surface area contributed by atoms with Gasteiger partial charge in [-0.05, 0) is 24.6 Å². The molecule has 1 aromatic heterocycles. The first-order valence-corrected chi connectivity index (χ1v) is 6.84. The number of nitrogens with zero attached hydrogens (tertiary/aromatic N) is 4. The Morgan fingerprint density at radius 1 is 1.24 bits per heavy atom. The summed E-state index contributed by atoms with van der Waals surface area (Å²) in [4.78, 5) is 6.59. The number of guanidine groups is 1. The van der Waals surface area contributed by atoms with E-state index in [0.717, 1.165) is 37.0 Å². The normalized spacial score (nSPS) is 13.8. The fraction of sp³-hybridized carbons (Fsp3) is 0.333. The zero-order valence-electron chi connectivity index (χ0n) is 12.3. The molecule has 0 spiro atoms. The second-order valence-corrected chi connectivity index (χ2v) is 5.01. The molecule has 6 heteroatoms. The fourth-order valence-electron chi connectivity index (χ4n) is 2.33. The van der Waals surface area contributed by atoms with Crippen molar-refractivity contribution in [1.29, 1.82) is 0 Å². The summed E-state index contributed by atoms with van der Waals surface area (Å²) < 4.78 is 1.92. The van der Waals surface area contributed by atoms with Crippen LogP contribution in [0.5, 0.6) is 0 Å². The molecule has 0 saturated carbocycles. The lowest BCUT2D eigenvalue weighted by Gasteiger charge is -2.16. The Hall–Kier alpha value is -1.57. The number of benzene rings is 1. The molecule has 2 heterocycles. The number of likely N-dealkylation sites (N-methyl/N-ethyl adjacent to an activating group) is 1. The maximum absolute atomic E-state index is 4.48. The minimum absolute atomic E-state index is 0. The number of aliphatic imine (C=N–C) groups is 1. The van der Waals surface area contributed by atoms with Gasteiger partial charge < -0.3 is 10.2 Å². The quantitative estimate of drug-likeness (QED) is 0.808. The van der Waals surface area contributed by atoms with Crippen molar-refractivity contribution in [3.8, 4) is 5.69 Å². The lowest BCUT2D eigenvalue weighted by Crippen LogP contribution is -2.35. The van der Waals surface area contributed by atoms with Crippen molar-refractivity contribution in [2.75, 3.05) is 20.1 Å². The highest BCUT2D eigenvalue weighted by molar-refractivity contribution is 14.0. The molecule has 1 aliphatic heterocycles. The molecule has 0 saturated heterocycles. The third-order valence-electron chi connectivity index (χ3n) is 3.46. The fourth-order valence-corrected chi connectivity index (χ4v) is 2.33. The van der Waals surface area contributed by atoms with Crippen LogP contribution in [0.2, 0.25) is 0 Å². The van der Waals surface area contributed by atoms with Crippen LogP contribution in [0, 0.1) is 6.92 Å². The Labute approximate surface area is 142 Å². The summed E-state index contributed by atoms with van der Waals surface area (Å²) in [5.74, 6) is 0.969. The van der Waals surface area contributed by atoms with E-state index in [9.17, 15) is 0 Å². The van der Waals surface area contributed by atoms with Crippen LogP contribution in [-0.2, 0) is 6.54 Å². The topological polar surface area (TPSA) is 45.5 Å². The van der Waals surface area contributed by atoms with Gasteiger partial charge in [0.25, 0.3) is 0 Å². The molecule has 0 bridgehead atoms. The SMILES string of the molecule is Cc1ccn(-c2ccccc2CNC2=NCCN2C)n1.I. The highest BCUT2D eigenvalue weighted by Gasteiger charge is 2.12. The Bertz CT molecular complexity index is 634. The van der Waals surface area contributed by atoms with Crippen LogP contribution in [0.4, 0.5) is 0 Å². The molecule has 1 aliphatic rings. The van der Waals surface area contributed by atoms with Gasteiger partial charge >= 0.3 is 0 Å². The van der Waals surface area contributed by atoms with Crippen LogP contribution < -0.4 is 5.32 Å². The molecule has 0 atom stereocenters. The highest BCUT2D eigenvalue weighted by atomic mass is 127. The summed E-state index contributed by atoms with van der Waals surface area (Å²) in [5.41, 5.74) is 3.33. The molecule has 2 aromatic rings. The molecule has 1 aromatic carbocycles. The molecule has 0 unspecified atom stereocenters. The number of aryl methyl sites for hydroxylation is 1. The summed E-state index contributed by atoms with van der Waals surface area (Å²) in [6.45, 7) is 4.61. The molecular formula is C15H20IN5. The Balaban J connectivity index is 0.00000161. The van der Waals surface area contributed by atoms with Gasteiger partial charge in [0.2, 0.25) is 0 Å². The van der Waals surface area contributed by atoms with Crippen LogP contribution in [-0.4, -0.2) is 40.8 Å². The predicted molar refractivity (Wildman–Crippen MR) is 95.5 cm³/mol. The molecule has 3 rings (SSSR count). The van der Waals surface area contributed by atoms with Gasteiger partial charge in [-0.2, -0.15) is 5.10 Å². The lowest BCUT2D eigenvalue weighted by molar-refractivity contribution is 0.534. The molecule has 0 aliphatic carbocycles. The number of para-hydroxylation sites is 1. The molecule has 0 fully saturated rings. The lowest BCUT2D eigenvalue weighted by atomic mass is 10.2. The number of nitrogens with one attached hydrogen (secondary N) is 1. The van der Waals surface area contributed by atoms with Crippen molar-refractivity contribution in [2.24, 2.45) is 4.99 Å². The van der Waals surface area contributed by atoms with Crippen molar-refractivity contribution >= 4 is 29.9 Å². The highest BCUT2D eigenvalue weighted by Crippen LogP contribution is 2.14. The molecule has 112 valence electrons. The predicted octanol–water partition coefficient (Wildman–Crippen LogP) is 2.19. The number of aromatic nitrogens is 2. The van der Waals surface area contributed by atoms with Gasteiger partial charge in [-0.3, -0.25) is 4.99 Å². The summed E-state index contributed by atoms with van der Waals surface area (Å²) >= 11 is 0. The zero-order valence-corrected chi connectivity index (χ0v) is 14.6. The number of halogens is 1. The van der Waals surface area contributed by atoms with E-state index >= 15 is 0 Å². The van der Waals surface area contributed by atoms with Crippen molar-refractivity contribution in [1.82, 2.24) is 20.0 Å². The number of hydrogen-bond acceptors (Lipinski definition) is 4. The molecule has 21 heavy (non-hydrogen) atoms. The third kappa shape index (κ3) is 3.55. The van der Waals surface area contributed by atoms with Gasteiger partial charge in [-0.15, -0.1) is 24.0 Å². The number of hydrogen-bond donors (Lipinski definition) is 1. The second-order valence-electron chi connectivity index (χ2n) is 5.01. The molecular weight excluding hydrogens is 377 g/mol. The first-order chi connectivity index (χ1) is 9.74. The van der Waals surface area contributed by atoms with E-state index in [1.165, 1.54) is 5.56 Å². The van der Waals surface area contributed by atoms with Crippen LogP contribution in [0.25, 0.3) is 5.69 Å². The molecule has 0 amide bonds. The Morgan fingerprint density at radius 3 is 2.71 bits per heavy atom. The minimum Gasteiger partial charge on any atom is -0.352 e. The standard InChI is InChI=1S/C15H19N5.HI/c1-12-7-9-20(18-12)14-6-4-3-5-13(14)11-17-15-16-8-10-19(15)2;/h3-7,9H,8,10-11H2,1-2H3,(H,16,17);1H. The largest absolute Gasteiger partial charge is 0.352 e. The first-order valence-electron chi connectivity index (χ1n) is 6.84. The molecule has 0 radical (unpaired) electrons. The average molecular weight is 397 g/mol.